The van der Waals surface area contributed by atoms with E-state index >= 15 is 0 Å². The fourth-order valence-corrected chi connectivity index (χ4v) is 7.17. The smallest absolute Gasteiger partial charge is 0.138 e. The van der Waals surface area contributed by atoms with Crippen LogP contribution in [0.25, 0.3) is 33.4 Å². The van der Waals surface area contributed by atoms with Gasteiger partial charge in [-0.3, -0.25) is 0 Å². The molecule has 178 valence electrons. The maximum Gasteiger partial charge on any atom is 0.138 e. The summed E-state index contributed by atoms with van der Waals surface area (Å²) in [6.45, 7) is 6.91. The third kappa shape index (κ3) is 4.19. The van der Waals surface area contributed by atoms with Crippen molar-refractivity contribution in [3.8, 4) is 50.6 Å². The summed E-state index contributed by atoms with van der Waals surface area (Å²) in [5.74, 6) is 2.60. The minimum atomic E-state index is -0.542. The van der Waals surface area contributed by atoms with Gasteiger partial charge in [-0.2, -0.15) is 0 Å². The van der Waals surface area contributed by atoms with Crippen molar-refractivity contribution in [3.05, 3.63) is 84.9 Å². The van der Waals surface area contributed by atoms with Crippen LogP contribution in [0.1, 0.15) is 20.8 Å². The van der Waals surface area contributed by atoms with E-state index in [2.05, 4.69) is 93.6 Å². The molecule has 5 rings (SSSR count). The second kappa shape index (κ2) is 9.40. The van der Waals surface area contributed by atoms with Crippen molar-refractivity contribution in [1.82, 2.24) is 0 Å². The molecule has 0 saturated carbocycles. The topological polar surface area (TPSA) is 27.7 Å². The summed E-state index contributed by atoms with van der Waals surface area (Å²) < 4.78 is 18.6. The highest BCUT2D eigenvalue weighted by atomic mass is 31.1. The van der Waals surface area contributed by atoms with Crippen molar-refractivity contribution < 1.29 is 14.2 Å². The van der Waals surface area contributed by atoms with Gasteiger partial charge in [-0.15, -0.1) is 0 Å². The van der Waals surface area contributed by atoms with E-state index in [1.54, 1.807) is 14.2 Å². The Morgan fingerprint density at radius 3 is 1.71 bits per heavy atom. The van der Waals surface area contributed by atoms with Gasteiger partial charge < -0.3 is 14.2 Å². The molecule has 1 heterocycles. The van der Waals surface area contributed by atoms with E-state index in [0.29, 0.717) is 0 Å². The molecule has 0 aromatic heterocycles. The predicted octanol–water partition coefficient (Wildman–Crippen LogP) is 7.96. The molecule has 0 saturated heterocycles. The molecule has 1 aliphatic rings. The van der Waals surface area contributed by atoms with E-state index in [1.165, 1.54) is 5.30 Å². The lowest BCUT2D eigenvalue weighted by atomic mass is 9.90. The van der Waals surface area contributed by atoms with Gasteiger partial charge in [0.15, 0.2) is 0 Å². The van der Waals surface area contributed by atoms with Crippen LogP contribution in [-0.2, 0) is 0 Å². The molecule has 35 heavy (non-hydrogen) atoms. The Morgan fingerprint density at radius 1 is 0.686 bits per heavy atom. The molecule has 1 aliphatic heterocycles. The van der Waals surface area contributed by atoms with Gasteiger partial charge in [-0.05, 0) is 36.3 Å². The molecular weight excluding hydrogens is 451 g/mol. The van der Waals surface area contributed by atoms with Crippen LogP contribution in [0.3, 0.4) is 0 Å². The lowest BCUT2D eigenvalue weighted by molar-refractivity contribution is 0.398. The van der Waals surface area contributed by atoms with E-state index < -0.39 is 7.92 Å². The number of ether oxygens (including phenoxy) is 3. The number of hydrogen-bond donors (Lipinski definition) is 0. The Labute approximate surface area is 209 Å². The van der Waals surface area contributed by atoms with E-state index in [-0.39, 0.29) is 5.16 Å². The van der Waals surface area contributed by atoms with Crippen LogP contribution in [0.5, 0.6) is 17.2 Å². The second-order valence-electron chi connectivity index (χ2n) is 9.67. The summed E-state index contributed by atoms with van der Waals surface area (Å²) >= 11 is 0. The highest BCUT2D eigenvalue weighted by Gasteiger charge is 2.37. The van der Waals surface area contributed by atoms with Crippen molar-refractivity contribution in [1.29, 1.82) is 0 Å². The van der Waals surface area contributed by atoms with Crippen LogP contribution in [0.2, 0.25) is 0 Å². The van der Waals surface area contributed by atoms with E-state index in [0.717, 1.165) is 57.0 Å². The Bertz CT molecular complexity index is 1280. The summed E-state index contributed by atoms with van der Waals surface area (Å²) in [6.07, 6.45) is 0.736. The summed E-state index contributed by atoms with van der Waals surface area (Å²) in [5.41, 5.74) is 6.40. The largest absolute Gasteiger partial charge is 0.495 e. The third-order valence-electron chi connectivity index (χ3n) is 6.51. The quantitative estimate of drug-likeness (QED) is 0.270. The van der Waals surface area contributed by atoms with Gasteiger partial charge in [0, 0.05) is 22.0 Å². The zero-order chi connectivity index (χ0) is 24.6. The maximum absolute atomic E-state index is 6.22. The molecule has 0 radical (unpaired) electrons. The molecule has 4 heteroatoms. The predicted molar refractivity (Wildman–Crippen MR) is 148 cm³/mol. The summed E-state index contributed by atoms with van der Waals surface area (Å²) in [6, 6.07) is 29.4. The molecule has 0 amide bonds. The van der Waals surface area contributed by atoms with Gasteiger partial charge in [0.25, 0.3) is 0 Å². The average Bonchev–Trinajstić information content (AvgIpc) is 3.34. The number of rotatable bonds is 5. The summed E-state index contributed by atoms with van der Waals surface area (Å²) in [7, 11) is 2.96. The van der Waals surface area contributed by atoms with Crippen LogP contribution in [-0.4, -0.2) is 25.7 Å². The van der Waals surface area contributed by atoms with Crippen molar-refractivity contribution in [2.45, 2.75) is 25.9 Å². The fourth-order valence-electron chi connectivity index (χ4n) is 4.83. The zero-order valence-corrected chi connectivity index (χ0v) is 21.9. The van der Waals surface area contributed by atoms with Crippen molar-refractivity contribution >= 4 is 13.2 Å². The van der Waals surface area contributed by atoms with Crippen molar-refractivity contribution in [3.63, 3.8) is 0 Å². The highest BCUT2D eigenvalue weighted by Crippen LogP contribution is 2.58. The number of fused-ring (bicyclic) bond motifs is 1. The molecule has 0 N–H and O–H groups in total. The first-order valence-corrected chi connectivity index (χ1v) is 13.4. The minimum Gasteiger partial charge on any atom is -0.495 e. The van der Waals surface area contributed by atoms with Gasteiger partial charge in [0.05, 0.1) is 19.8 Å². The molecule has 0 fully saturated rings. The number of benzene rings is 4. The second-order valence-corrected chi connectivity index (χ2v) is 12.6. The Kier molecular flexibility index (Phi) is 6.30. The molecular formula is C31H31O3P. The molecule has 4 aromatic rings. The molecule has 0 spiro atoms. The van der Waals surface area contributed by atoms with Crippen LogP contribution in [0.4, 0.5) is 0 Å². The zero-order valence-electron chi connectivity index (χ0n) is 21.0. The molecule has 0 unspecified atom stereocenters. The van der Waals surface area contributed by atoms with E-state index in [1.807, 2.05) is 12.1 Å². The normalized spacial score (nSPS) is 14.8. The van der Waals surface area contributed by atoms with Crippen LogP contribution in [0, 0.1) is 0 Å². The van der Waals surface area contributed by atoms with Gasteiger partial charge in [0.2, 0.25) is 0 Å². The average molecular weight is 483 g/mol. The van der Waals surface area contributed by atoms with Gasteiger partial charge in [-0.1, -0.05) is 93.6 Å². The Morgan fingerprint density at radius 2 is 1.23 bits per heavy atom. The van der Waals surface area contributed by atoms with Crippen LogP contribution < -0.4 is 19.5 Å². The van der Waals surface area contributed by atoms with E-state index in [4.69, 9.17) is 14.2 Å². The summed E-state index contributed by atoms with van der Waals surface area (Å²) in [5, 5.41) is 1.40. The van der Waals surface area contributed by atoms with Crippen LogP contribution >= 0.6 is 7.92 Å². The molecule has 1 atom stereocenters. The minimum absolute atomic E-state index is 0.108. The molecule has 3 nitrogen and oxygen atoms in total. The first kappa shape index (κ1) is 23.5. The highest BCUT2D eigenvalue weighted by molar-refractivity contribution is 7.67. The Hall–Kier alpha value is -3.29. The molecule has 4 aromatic carbocycles. The SMILES string of the molecule is COc1c(-c2ccccc2)cc(-c2ccccc2)c(OC)c1-c1cccc2c1[P@@](C(C)(C)C)CO2. The van der Waals surface area contributed by atoms with Gasteiger partial charge in [-0.25, -0.2) is 0 Å². The summed E-state index contributed by atoms with van der Waals surface area (Å²) in [4.78, 5) is 0. The maximum atomic E-state index is 6.22. The Balaban J connectivity index is 1.90. The first-order valence-electron chi connectivity index (χ1n) is 11.9. The van der Waals surface area contributed by atoms with Gasteiger partial charge >= 0.3 is 0 Å². The standard InChI is InChI=1S/C31H31O3P/c1-31(2,3)35-20-34-26-18-12-17-23(30(26)35)27-28(32-4)24(21-13-8-6-9-14-21)19-25(29(27)33-5)22-15-10-7-11-16-22/h6-19H,20H2,1-5H3/t35-/m0/s1. The molecule has 0 aliphatic carbocycles. The van der Waals surface area contributed by atoms with Gasteiger partial charge in [0.1, 0.15) is 23.6 Å². The lowest BCUT2D eigenvalue weighted by Gasteiger charge is -2.29. The van der Waals surface area contributed by atoms with Crippen molar-refractivity contribution in [2.24, 2.45) is 0 Å². The van der Waals surface area contributed by atoms with Crippen molar-refractivity contribution in [2.75, 3.05) is 20.6 Å². The monoisotopic (exact) mass is 482 g/mol. The third-order valence-corrected chi connectivity index (χ3v) is 9.51. The van der Waals surface area contributed by atoms with Crippen LogP contribution in [0.15, 0.2) is 84.9 Å². The number of hydrogen-bond acceptors (Lipinski definition) is 3. The van der Waals surface area contributed by atoms with E-state index in [9.17, 15) is 0 Å². The first-order chi connectivity index (χ1) is 16.9. The number of methoxy groups -OCH3 is 2. The fraction of sp³-hybridized carbons (Fsp3) is 0.226. The molecule has 0 bridgehead atoms. The lowest BCUT2D eigenvalue weighted by Crippen LogP contribution is -2.19.